The molecule has 0 aromatic carbocycles. The average molecular weight is 922 g/mol. The summed E-state index contributed by atoms with van der Waals surface area (Å²) >= 11 is 0. The molecule has 0 fully saturated rings. The van der Waals surface area contributed by atoms with E-state index in [9.17, 15) is 19.4 Å². The Labute approximate surface area is 398 Å². The summed E-state index contributed by atoms with van der Waals surface area (Å²) in [5.41, 5.74) is 0. The summed E-state index contributed by atoms with van der Waals surface area (Å²) in [5.74, 6) is -0.227. The van der Waals surface area contributed by atoms with Crippen LogP contribution in [0.2, 0.25) is 0 Å². The molecule has 0 spiro atoms. The first-order valence-electron chi connectivity index (χ1n) is 25.1. The molecule has 0 aliphatic carbocycles. The number of rotatable bonds is 43. The third-order valence-electron chi connectivity index (χ3n) is 10.1. The fourth-order valence-corrected chi connectivity index (χ4v) is 6.90. The van der Waals surface area contributed by atoms with Gasteiger partial charge in [0.05, 0.1) is 39.9 Å². The molecule has 0 aromatic heterocycles. The number of quaternary nitrogens is 1. The van der Waals surface area contributed by atoms with Crippen LogP contribution in [0.15, 0.2) is 134 Å². The Morgan fingerprint density at radius 3 is 1.42 bits per heavy atom. The molecule has 3 N–H and O–H groups in total. The van der Waals surface area contributed by atoms with Gasteiger partial charge in [0.2, 0.25) is 5.91 Å². The molecular formula is C56H94N2O6P+. The minimum atomic E-state index is -4.37. The third kappa shape index (κ3) is 48.4. The molecule has 0 saturated heterocycles. The zero-order valence-corrected chi connectivity index (χ0v) is 42.6. The van der Waals surface area contributed by atoms with E-state index in [1.807, 2.05) is 27.2 Å². The predicted molar refractivity (Wildman–Crippen MR) is 281 cm³/mol. The highest BCUT2D eigenvalue weighted by Crippen LogP contribution is 2.43. The van der Waals surface area contributed by atoms with Crippen molar-refractivity contribution < 1.29 is 32.9 Å². The normalized spacial score (nSPS) is 15.2. The van der Waals surface area contributed by atoms with Gasteiger partial charge in [-0.25, -0.2) is 4.57 Å². The Balaban J connectivity index is 4.37. The van der Waals surface area contributed by atoms with Crippen molar-refractivity contribution in [2.45, 2.75) is 174 Å². The van der Waals surface area contributed by atoms with Crippen LogP contribution >= 0.6 is 7.82 Å². The average Bonchev–Trinajstić information content (AvgIpc) is 3.26. The van der Waals surface area contributed by atoms with Gasteiger partial charge in [0.1, 0.15) is 13.2 Å². The lowest BCUT2D eigenvalue weighted by molar-refractivity contribution is -0.870. The van der Waals surface area contributed by atoms with E-state index in [0.29, 0.717) is 23.9 Å². The van der Waals surface area contributed by atoms with E-state index in [1.54, 1.807) is 6.08 Å². The Bertz CT molecular complexity index is 1510. The van der Waals surface area contributed by atoms with E-state index in [0.717, 1.165) is 96.3 Å². The van der Waals surface area contributed by atoms with E-state index >= 15 is 0 Å². The number of likely N-dealkylation sites (N-methyl/N-ethyl adjacent to an activating group) is 1. The fourth-order valence-electron chi connectivity index (χ4n) is 6.16. The predicted octanol–water partition coefficient (Wildman–Crippen LogP) is 14.8. The van der Waals surface area contributed by atoms with Crippen LogP contribution in [-0.4, -0.2) is 73.4 Å². The SMILES string of the molecule is CC/C=C\C/C=C\C/C=C\C/C=C\C/C=C\C/C=C\C/C=C\C/C=C\C/C=C\CCCCCC(=O)NC(COP(=O)(O)OCC[N+](C)(C)C)C(O)/C=C/CC/C=C/CCCCCCCC. The topological polar surface area (TPSA) is 105 Å². The zero-order chi connectivity index (χ0) is 47.8. The molecule has 65 heavy (non-hydrogen) atoms. The third-order valence-corrected chi connectivity index (χ3v) is 11.1. The second kappa shape index (κ2) is 45.8. The summed E-state index contributed by atoms with van der Waals surface area (Å²) in [6.07, 6.45) is 69.7. The van der Waals surface area contributed by atoms with Crippen LogP contribution < -0.4 is 5.32 Å². The molecule has 9 heteroatoms. The standard InChI is InChI=1S/C56H93N2O6P/c1-6-8-10-12-14-16-18-20-21-22-23-24-25-26-27-28-29-30-31-32-33-34-35-36-37-38-40-42-44-46-48-50-56(60)57-54(53-64-65(61,62)63-52-51-58(3,4)5)55(59)49-47-45-43-41-39-19-17-15-13-11-9-7-2/h8,10,14,16,20-21,23-24,26-27,29-30,32-33,35-36,38-41,47,49,54-55,59H,6-7,9,11-13,15,17-19,22,25,28,31,34,37,42-46,48,50-53H2,1-5H3,(H-,57,60,61,62)/p+1/b10-8-,16-14-,21-20-,24-23-,27-26-,30-29-,33-32-,36-35-,40-38-,41-39+,49-47+. The van der Waals surface area contributed by atoms with Crippen LogP contribution in [0.3, 0.4) is 0 Å². The number of hydrogen-bond donors (Lipinski definition) is 3. The van der Waals surface area contributed by atoms with Gasteiger partial charge in [-0.05, 0) is 103 Å². The summed E-state index contributed by atoms with van der Waals surface area (Å²) in [7, 11) is 1.50. The van der Waals surface area contributed by atoms with Gasteiger partial charge >= 0.3 is 7.82 Å². The molecule has 0 rings (SSSR count). The van der Waals surface area contributed by atoms with E-state index in [-0.39, 0.29) is 19.1 Å². The summed E-state index contributed by atoms with van der Waals surface area (Å²) in [6.45, 7) is 4.60. The molecule has 0 radical (unpaired) electrons. The van der Waals surface area contributed by atoms with Gasteiger partial charge in [-0.1, -0.05) is 186 Å². The first kappa shape index (κ1) is 61.6. The van der Waals surface area contributed by atoms with Gasteiger partial charge in [-0.3, -0.25) is 13.8 Å². The molecule has 0 saturated carbocycles. The van der Waals surface area contributed by atoms with Crippen molar-refractivity contribution in [3.8, 4) is 0 Å². The van der Waals surface area contributed by atoms with E-state index in [4.69, 9.17) is 9.05 Å². The Kier molecular flexibility index (Phi) is 43.4. The van der Waals surface area contributed by atoms with E-state index < -0.39 is 20.0 Å². The summed E-state index contributed by atoms with van der Waals surface area (Å²) < 4.78 is 23.5. The van der Waals surface area contributed by atoms with Crippen molar-refractivity contribution in [3.63, 3.8) is 0 Å². The highest BCUT2D eigenvalue weighted by molar-refractivity contribution is 7.47. The first-order valence-corrected chi connectivity index (χ1v) is 26.6. The molecule has 0 heterocycles. The maximum atomic E-state index is 12.9. The number of hydrogen-bond acceptors (Lipinski definition) is 5. The lowest BCUT2D eigenvalue weighted by Crippen LogP contribution is -2.45. The second-order valence-corrected chi connectivity index (χ2v) is 18.9. The molecule has 3 atom stereocenters. The minimum absolute atomic E-state index is 0.0411. The number of phosphoric ester groups is 1. The summed E-state index contributed by atoms with van der Waals surface area (Å²) in [4.78, 5) is 23.1. The minimum Gasteiger partial charge on any atom is -0.387 e. The largest absolute Gasteiger partial charge is 0.472 e. The van der Waals surface area contributed by atoms with Crippen molar-refractivity contribution in [1.29, 1.82) is 0 Å². The lowest BCUT2D eigenvalue weighted by Gasteiger charge is -2.25. The van der Waals surface area contributed by atoms with Crippen molar-refractivity contribution in [1.82, 2.24) is 5.32 Å². The van der Waals surface area contributed by atoms with Crippen molar-refractivity contribution >= 4 is 13.7 Å². The molecule has 3 unspecified atom stereocenters. The molecule has 0 bridgehead atoms. The van der Waals surface area contributed by atoms with Crippen LogP contribution in [-0.2, 0) is 18.4 Å². The van der Waals surface area contributed by atoms with E-state index in [1.165, 1.54) is 38.5 Å². The van der Waals surface area contributed by atoms with Gasteiger partial charge in [0, 0.05) is 6.42 Å². The second-order valence-electron chi connectivity index (χ2n) is 17.4. The number of carbonyl (C=O) groups is 1. The highest BCUT2D eigenvalue weighted by Gasteiger charge is 2.27. The number of aliphatic hydroxyl groups excluding tert-OH is 1. The molecule has 8 nitrogen and oxygen atoms in total. The fraction of sp³-hybridized carbons (Fsp3) is 0.589. The zero-order valence-electron chi connectivity index (χ0n) is 41.7. The van der Waals surface area contributed by atoms with Gasteiger partial charge in [0.15, 0.2) is 0 Å². The van der Waals surface area contributed by atoms with Gasteiger partial charge in [0.25, 0.3) is 0 Å². The highest BCUT2D eigenvalue weighted by atomic mass is 31.2. The van der Waals surface area contributed by atoms with Gasteiger partial charge in [-0.2, -0.15) is 0 Å². The van der Waals surface area contributed by atoms with Crippen LogP contribution in [0.5, 0.6) is 0 Å². The first-order chi connectivity index (χ1) is 31.5. The monoisotopic (exact) mass is 922 g/mol. The Morgan fingerprint density at radius 1 is 0.538 bits per heavy atom. The number of nitrogens with one attached hydrogen (secondary N) is 1. The number of phosphoric acid groups is 1. The van der Waals surface area contributed by atoms with Gasteiger partial charge in [-0.15, -0.1) is 0 Å². The quantitative estimate of drug-likeness (QED) is 0.0244. The maximum absolute atomic E-state index is 12.9. The number of carbonyl (C=O) groups excluding carboxylic acids is 1. The van der Waals surface area contributed by atoms with Crippen molar-refractivity contribution in [2.24, 2.45) is 0 Å². The van der Waals surface area contributed by atoms with Gasteiger partial charge < -0.3 is 19.8 Å². The molecule has 1 amide bonds. The maximum Gasteiger partial charge on any atom is 0.472 e. The molecular weight excluding hydrogens is 828 g/mol. The van der Waals surface area contributed by atoms with E-state index in [2.05, 4.69) is 141 Å². The molecule has 0 aliphatic rings. The number of unbranched alkanes of at least 4 members (excludes halogenated alkanes) is 10. The number of aliphatic hydroxyl groups is 1. The number of amides is 1. The van der Waals surface area contributed by atoms with Crippen LogP contribution in [0.25, 0.3) is 0 Å². The number of allylic oxidation sites excluding steroid dienone is 21. The van der Waals surface area contributed by atoms with Crippen LogP contribution in [0.4, 0.5) is 0 Å². The lowest BCUT2D eigenvalue weighted by atomic mass is 10.1. The Hall–Kier alpha value is -3.36. The summed E-state index contributed by atoms with van der Waals surface area (Å²) in [5, 5.41) is 13.8. The van der Waals surface area contributed by atoms with Crippen LogP contribution in [0.1, 0.15) is 162 Å². The Morgan fingerprint density at radius 2 is 0.938 bits per heavy atom. The van der Waals surface area contributed by atoms with Crippen LogP contribution in [0, 0.1) is 0 Å². The molecule has 0 aliphatic heterocycles. The molecule has 368 valence electrons. The molecule has 0 aromatic rings. The summed E-state index contributed by atoms with van der Waals surface area (Å²) in [6, 6.07) is -0.890. The smallest absolute Gasteiger partial charge is 0.387 e. The number of nitrogens with zero attached hydrogens (tertiary/aromatic N) is 1. The van der Waals surface area contributed by atoms with Crippen molar-refractivity contribution in [3.05, 3.63) is 134 Å². The van der Waals surface area contributed by atoms with Crippen molar-refractivity contribution in [2.75, 3.05) is 40.9 Å².